The number of aryl methyl sites for hydroxylation is 1. The first-order valence-corrected chi connectivity index (χ1v) is 7.69. The zero-order valence-electron chi connectivity index (χ0n) is 14.5. The molecule has 0 aliphatic carbocycles. The van der Waals surface area contributed by atoms with Crippen molar-refractivity contribution in [1.82, 2.24) is 5.32 Å². The predicted octanol–water partition coefficient (Wildman–Crippen LogP) is 2.88. The zero-order chi connectivity index (χ0) is 17.5. The Morgan fingerprint density at radius 1 is 0.917 bits per heavy atom. The van der Waals surface area contributed by atoms with E-state index >= 15 is 0 Å². The van der Waals surface area contributed by atoms with Gasteiger partial charge in [0.2, 0.25) is 5.91 Å². The quantitative estimate of drug-likeness (QED) is 0.848. The number of carbonyl (C=O) groups is 1. The summed E-state index contributed by atoms with van der Waals surface area (Å²) in [6, 6.07) is 11.3. The third-order valence-electron chi connectivity index (χ3n) is 3.82. The van der Waals surface area contributed by atoms with E-state index in [1.54, 1.807) is 21.3 Å². The number of carbonyl (C=O) groups excluding carboxylic acids is 1. The number of amides is 1. The van der Waals surface area contributed by atoms with Gasteiger partial charge in [-0.1, -0.05) is 18.2 Å². The van der Waals surface area contributed by atoms with Crippen molar-refractivity contribution in [1.29, 1.82) is 0 Å². The van der Waals surface area contributed by atoms with Crippen molar-refractivity contribution in [2.75, 3.05) is 21.3 Å². The number of hydrogen-bond acceptors (Lipinski definition) is 4. The summed E-state index contributed by atoms with van der Waals surface area (Å²) in [5.41, 5.74) is 2.71. The Morgan fingerprint density at radius 3 is 2.25 bits per heavy atom. The molecule has 24 heavy (non-hydrogen) atoms. The summed E-state index contributed by atoms with van der Waals surface area (Å²) in [5.74, 6) is 2.12. The fourth-order valence-corrected chi connectivity index (χ4v) is 2.53. The summed E-state index contributed by atoms with van der Waals surface area (Å²) in [6.45, 7) is 2.32. The molecule has 5 heteroatoms. The molecule has 0 spiro atoms. The molecule has 2 aromatic carbocycles. The van der Waals surface area contributed by atoms with Crippen molar-refractivity contribution in [3.8, 4) is 17.2 Å². The number of hydrogen-bond donors (Lipinski definition) is 1. The summed E-state index contributed by atoms with van der Waals surface area (Å²) in [5, 5.41) is 2.91. The fourth-order valence-electron chi connectivity index (χ4n) is 2.53. The SMILES string of the molecule is COc1cc(CNC(=O)Cc2ccccc2OC)c(OC)cc1C. The van der Waals surface area contributed by atoms with Gasteiger partial charge in [0.05, 0.1) is 27.8 Å². The lowest BCUT2D eigenvalue weighted by molar-refractivity contribution is -0.120. The molecule has 0 aromatic heterocycles. The van der Waals surface area contributed by atoms with Crippen LogP contribution in [-0.4, -0.2) is 27.2 Å². The molecule has 0 unspecified atom stereocenters. The summed E-state index contributed by atoms with van der Waals surface area (Å²) in [7, 11) is 4.83. The van der Waals surface area contributed by atoms with Gasteiger partial charge in [-0.05, 0) is 30.7 Å². The van der Waals surface area contributed by atoms with Crippen molar-refractivity contribution in [3.63, 3.8) is 0 Å². The summed E-state index contributed by atoms with van der Waals surface area (Å²) < 4.78 is 16.0. The minimum Gasteiger partial charge on any atom is -0.496 e. The monoisotopic (exact) mass is 329 g/mol. The lowest BCUT2D eigenvalue weighted by atomic mass is 10.1. The van der Waals surface area contributed by atoms with Crippen LogP contribution in [0.5, 0.6) is 17.2 Å². The smallest absolute Gasteiger partial charge is 0.224 e. The molecule has 0 atom stereocenters. The maximum atomic E-state index is 12.2. The second-order valence-corrected chi connectivity index (χ2v) is 5.40. The van der Waals surface area contributed by atoms with Gasteiger partial charge in [0.1, 0.15) is 17.2 Å². The van der Waals surface area contributed by atoms with Crippen LogP contribution in [0.1, 0.15) is 16.7 Å². The second kappa shape index (κ2) is 8.24. The molecule has 0 aliphatic rings. The van der Waals surface area contributed by atoms with E-state index in [4.69, 9.17) is 14.2 Å². The van der Waals surface area contributed by atoms with E-state index in [-0.39, 0.29) is 12.3 Å². The number of rotatable bonds is 7. The molecule has 2 aromatic rings. The van der Waals surface area contributed by atoms with Crippen molar-refractivity contribution < 1.29 is 19.0 Å². The van der Waals surface area contributed by atoms with Gasteiger partial charge < -0.3 is 19.5 Å². The van der Waals surface area contributed by atoms with E-state index in [0.29, 0.717) is 12.3 Å². The van der Waals surface area contributed by atoms with Gasteiger partial charge >= 0.3 is 0 Å². The van der Waals surface area contributed by atoms with Gasteiger partial charge in [-0.25, -0.2) is 0 Å². The molecule has 0 heterocycles. The molecule has 0 aliphatic heterocycles. The molecule has 0 fully saturated rings. The highest BCUT2D eigenvalue weighted by molar-refractivity contribution is 5.79. The van der Waals surface area contributed by atoms with Crippen LogP contribution in [0.15, 0.2) is 36.4 Å². The van der Waals surface area contributed by atoms with Crippen LogP contribution in [-0.2, 0) is 17.8 Å². The third kappa shape index (κ3) is 4.19. The fraction of sp³-hybridized carbons (Fsp3) is 0.316. The Labute approximate surface area is 142 Å². The number of nitrogens with one attached hydrogen (secondary N) is 1. The summed E-state index contributed by atoms with van der Waals surface area (Å²) in [6.07, 6.45) is 0.259. The standard InChI is InChI=1S/C19H23NO4/c1-13-9-18(24-4)15(10-17(13)23-3)12-20-19(21)11-14-7-5-6-8-16(14)22-2/h5-10H,11-12H2,1-4H3,(H,20,21). The topological polar surface area (TPSA) is 56.8 Å². The van der Waals surface area contributed by atoms with Crippen molar-refractivity contribution in [2.45, 2.75) is 19.9 Å². The van der Waals surface area contributed by atoms with Crippen molar-refractivity contribution in [3.05, 3.63) is 53.1 Å². The Morgan fingerprint density at radius 2 is 1.58 bits per heavy atom. The van der Waals surface area contributed by atoms with Gasteiger partial charge in [0.25, 0.3) is 0 Å². The normalized spacial score (nSPS) is 10.2. The summed E-state index contributed by atoms with van der Waals surface area (Å²) >= 11 is 0. The lowest BCUT2D eigenvalue weighted by Gasteiger charge is -2.14. The maximum absolute atomic E-state index is 12.2. The van der Waals surface area contributed by atoms with E-state index in [9.17, 15) is 4.79 Å². The highest BCUT2D eigenvalue weighted by Gasteiger charge is 2.12. The first-order chi connectivity index (χ1) is 11.6. The number of methoxy groups -OCH3 is 3. The van der Waals surface area contributed by atoms with Crippen LogP contribution in [0.3, 0.4) is 0 Å². The minimum absolute atomic E-state index is 0.0823. The average Bonchev–Trinajstić information content (AvgIpc) is 2.60. The van der Waals surface area contributed by atoms with Gasteiger partial charge in [-0.3, -0.25) is 4.79 Å². The van der Waals surface area contributed by atoms with Crippen LogP contribution in [0, 0.1) is 6.92 Å². The van der Waals surface area contributed by atoms with Gasteiger partial charge in [0, 0.05) is 17.7 Å². The van der Waals surface area contributed by atoms with Crippen LogP contribution >= 0.6 is 0 Å². The molecule has 1 amide bonds. The Kier molecular flexibility index (Phi) is 6.07. The van der Waals surface area contributed by atoms with E-state index in [0.717, 1.165) is 28.2 Å². The van der Waals surface area contributed by atoms with E-state index in [1.165, 1.54) is 0 Å². The third-order valence-corrected chi connectivity index (χ3v) is 3.82. The lowest BCUT2D eigenvalue weighted by Crippen LogP contribution is -2.25. The van der Waals surface area contributed by atoms with E-state index < -0.39 is 0 Å². The molecule has 0 saturated heterocycles. The molecule has 0 saturated carbocycles. The average molecular weight is 329 g/mol. The molecule has 1 N–H and O–H groups in total. The highest BCUT2D eigenvalue weighted by atomic mass is 16.5. The number of para-hydroxylation sites is 1. The predicted molar refractivity (Wildman–Crippen MR) is 92.8 cm³/mol. The van der Waals surface area contributed by atoms with Crippen molar-refractivity contribution in [2.24, 2.45) is 0 Å². The van der Waals surface area contributed by atoms with Gasteiger partial charge in [-0.2, -0.15) is 0 Å². The van der Waals surface area contributed by atoms with Crippen LogP contribution < -0.4 is 19.5 Å². The van der Waals surface area contributed by atoms with Crippen molar-refractivity contribution >= 4 is 5.91 Å². The maximum Gasteiger partial charge on any atom is 0.224 e. The highest BCUT2D eigenvalue weighted by Crippen LogP contribution is 2.28. The van der Waals surface area contributed by atoms with E-state index in [1.807, 2.05) is 43.3 Å². The first kappa shape index (κ1) is 17.7. The van der Waals surface area contributed by atoms with Gasteiger partial charge in [0.15, 0.2) is 0 Å². The molecule has 0 bridgehead atoms. The Hall–Kier alpha value is -2.69. The van der Waals surface area contributed by atoms with Gasteiger partial charge in [-0.15, -0.1) is 0 Å². The second-order valence-electron chi connectivity index (χ2n) is 5.40. The molecular formula is C19H23NO4. The largest absolute Gasteiger partial charge is 0.496 e. The minimum atomic E-state index is -0.0823. The molecular weight excluding hydrogens is 306 g/mol. The summed E-state index contributed by atoms with van der Waals surface area (Å²) in [4.78, 5) is 12.2. The Bertz CT molecular complexity index is 713. The van der Waals surface area contributed by atoms with Crippen LogP contribution in [0.25, 0.3) is 0 Å². The molecule has 128 valence electrons. The first-order valence-electron chi connectivity index (χ1n) is 7.69. The van der Waals surface area contributed by atoms with Crippen LogP contribution in [0.4, 0.5) is 0 Å². The van der Waals surface area contributed by atoms with Crippen LogP contribution in [0.2, 0.25) is 0 Å². The molecule has 5 nitrogen and oxygen atoms in total. The van der Waals surface area contributed by atoms with E-state index in [2.05, 4.69) is 5.32 Å². The number of ether oxygens (including phenoxy) is 3. The molecule has 2 rings (SSSR count). The molecule has 0 radical (unpaired) electrons. The number of benzene rings is 2. The Balaban J connectivity index is 2.06. The zero-order valence-corrected chi connectivity index (χ0v) is 14.5.